The van der Waals surface area contributed by atoms with Crippen LogP contribution in [0.1, 0.15) is 50.7 Å². The summed E-state index contributed by atoms with van der Waals surface area (Å²) in [6, 6.07) is 27.3. The lowest BCUT2D eigenvalue weighted by Gasteiger charge is -2.19. The molecule has 121 valence electrons. The van der Waals surface area contributed by atoms with Gasteiger partial charge in [0.2, 0.25) is 0 Å². The molecule has 0 N–H and O–H groups in total. The minimum Gasteiger partial charge on any atom is -0.0619 e. The molecule has 0 aromatic heterocycles. The zero-order valence-corrected chi connectivity index (χ0v) is 15.0. The van der Waals surface area contributed by atoms with E-state index < -0.39 is 0 Å². The van der Waals surface area contributed by atoms with Gasteiger partial charge in [0.15, 0.2) is 0 Å². The summed E-state index contributed by atoms with van der Waals surface area (Å²) < 4.78 is 0. The third-order valence-electron chi connectivity index (χ3n) is 4.58. The van der Waals surface area contributed by atoms with Gasteiger partial charge in [-0.15, -0.1) is 0 Å². The van der Waals surface area contributed by atoms with Crippen molar-refractivity contribution in [2.75, 3.05) is 0 Å². The summed E-state index contributed by atoms with van der Waals surface area (Å²) in [6.45, 7) is 9.02. The second-order valence-corrected chi connectivity index (χ2v) is 6.94. The van der Waals surface area contributed by atoms with Crippen molar-refractivity contribution in [2.45, 2.75) is 39.5 Å². The zero-order valence-electron chi connectivity index (χ0n) is 15.0. The molecular formula is C24H25. The molecule has 1 radical (unpaired) electrons. The molecule has 0 aliphatic carbocycles. The van der Waals surface area contributed by atoms with Crippen LogP contribution in [0.15, 0.2) is 66.7 Å². The molecule has 0 atom stereocenters. The van der Waals surface area contributed by atoms with Gasteiger partial charge in [-0.25, -0.2) is 0 Å². The molecule has 0 spiro atoms. The smallest absolute Gasteiger partial charge is 0.00236 e. The fourth-order valence-electron chi connectivity index (χ4n) is 3.36. The molecule has 0 aliphatic heterocycles. The summed E-state index contributed by atoms with van der Waals surface area (Å²) in [6.07, 6.45) is 0. The zero-order chi connectivity index (χ0) is 17.1. The molecular weight excluding hydrogens is 288 g/mol. The molecule has 24 heavy (non-hydrogen) atoms. The summed E-state index contributed by atoms with van der Waals surface area (Å²) in [5.74, 6) is 0.984. The monoisotopic (exact) mass is 313 g/mol. The Morgan fingerprint density at radius 2 is 1.08 bits per heavy atom. The average molecular weight is 313 g/mol. The summed E-state index contributed by atoms with van der Waals surface area (Å²) in [5, 5.41) is 0. The Bertz CT molecular complexity index is 754. The Morgan fingerprint density at radius 1 is 0.583 bits per heavy atom. The van der Waals surface area contributed by atoms with E-state index in [1.54, 1.807) is 0 Å². The third kappa shape index (κ3) is 3.14. The highest BCUT2D eigenvalue weighted by Crippen LogP contribution is 2.38. The highest BCUT2D eigenvalue weighted by molar-refractivity contribution is 5.86. The van der Waals surface area contributed by atoms with Crippen molar-refractivity contribution < 1.29 is 0 Å². The summed E-state index contributed by atoms with van der Waals surface area (Å²) in [7, 11) is 0. The first-order valence-electron chi connectivity index (χ1n) is 8.79. The topological polar surface area (TPSA) is 0 Å². The number of rotatable bonds is 4. The minimum atomic E-state index is 0.489. The molecule has 0 bridgehead atoms. The fourth-order valence-corrected chi connectivity index (χ4v) is 3.36. The lowest BCUT2D eigenvalue weighted by atomic mass is 9.85. The van der Waals surface area contributed by atoms with Crippen LogP contribution in [0.25, 0.3) is 22.3 Å². The van der Waals surface area contributed by atoms with E-state index in [0.29, 0.717) is 11.8 Å². The van der Waals surface area contributed by atoms with Gasteiger partial charge < -0.3 is 0 Å². The van der Waals surface area contributed by atoms with E-state index in [9.17, 15) is 0 Å². The molecule has 0 heteroatoms. The van der Waals surface area contributed by atoms with Crippen molar-refractivity contribution in [1.82, 2.24) is 0 Å². The SMILES string of the molecule is CC(C)c1ccccc1-c1[c]cccc1-c1ccccc1C(C)C. The van der Waals surface area contributed by atoms with Crippen molar-refractivity contribution in [2.24, 2.45) is 0 Å². The van der Waals surface area contributed by atoms with Gasteiger partial charge in [0.1, 0.15) is 0 Å². The number of hydrogen-bond donors (Lipinski definition) is 0. The summed E-state index contributed by atoms with van der Waals surface area (Å²) in [5.41, 5.74) is 7.85. The largest absolute Gasteiger partial charge is 0.0619 e. The molecule has 3 aromatic rings. The Balaban J connectivity index is 2.25. The molecule has 3 aromatic carbocycles. The van der Waals surface area contributed by atoms with Gasteiger partial charge >= 0.3 is 0 Å². The van der Waals surface area contributed by atoms with Gasteiger partial charge in [0.05, 0.1) is 0 Å². The first-order valence-corrected chi connectivity index (χ1v) is 8.79. The van der Waals surface area contributed by atoms with E-state index in [-0.39, 0.29) is 0 Å². The van der Waals surface area contributed by atoms with Gasteiger partial charge in [-0.05, 0) is 51.3 Å². The van der Waals surface area contributed by atoms with E-state index in [0.717, 1.165) is 0 Å². The Hall–Kier alpha value is -2.34. The van der Waals surface area contributed by atoms with Crippen molar-refractivity contribution in [3.05, 3.63) is 83.9 Å². The molecule has 0 amide bonds. The van der Waals surface area contributed by atoms with E-state index in [4.69, 9.17) is 0 Å². The standard InChI is InChI=1S/C24H25/c1-17(2)19-11-5-7-13-21(19)23-15-9-10-16-24(23)22-14-8-6-12-20(22)18(3)4/h5-15,17-18H,1-4H3. The van der Waals surface area contributed by atoms with E-state index in [1.807, 2.05) is 6.07 Å². The third-order valence-corrected chi connectivity index (χ3v) is 4.58. The van der Waals surface area contributed by atoms with Crippen LogP contribution in [0, 0.1) is 6.07 Å². The normalized spacial score (nSPS) is 11.2. The van der Waals surface area contributed by atoms with E-state index >= 15 is 0 Å². The van der Waals surface area contributed by atoms with Crippen LogP contribution >= 0.6 is 0 Å². The van der Waals surface area contributed by atoms with Gasteiger partial charge in [0, 0.05) is 0 Å². The van der Waals surface area contributed by atoms with Crippen LogP contribution < -0.4 is 0 Å². The summed E-state index contributed by atoms with van der Waals surface area (Å²) >= 11 is 0. The molecule has 0 unspecified atom stereocenters. The first kappa shape index (κ1) is 16.5. The number of benzene rings is 3. The maximum absolute atomic E-state index is 3.51. The van der Waals surface area contributed by atoms with Gasteiger partial charge in [-0.3, -0.25) is 0 Å². The molecule has 3 rings (SSSR count). The second-order valence-electron chi connectivity index (χ2n) is 6.94. The van der Waals surface area contributed by atoms with Crippen LogP contribution in [0.4, 0.5) is 0 Å². The van der Waals surface area contributed by atoms with E-state index in [2.05, 4.69) is 94.4 Å². The van der Waals surface area contributed by atoms with Crippen LogP contribution in [-0.4, -0.2) is 0 Å². The van der Waals surface area contributed by atoms with Crippen molar-refractivity contribution in [3.63, 3.8) is 0 Å². The minimum absolute atomic E-state index is 0.489. The van der Waals surface area contributed by atoms with E-state index in [1.165, 1.54) is 33.4 Å². The Morgan fingerprint density at radius 3 is 1.71 bits per heavy atom. The second kappa shape index (κ2) is 7.05. The fraction of sp³-hybridized carbons (Fsp3) is 0.250. The van der Waals surface area contributed by atoms with Crippen LogP contribution in [0.2, 0.25) is 0 Å². The van der Waals surface area contributed by atoms with Crippen LogP contribution in [0.3, 0.4) is 0 Å². The number of hydrogen-bond acceptors (Lipinski definition) is 0. The van der Waals surface area contributed by atoms with Crippen molar-refractivity contribution >= 4 is 0 Å². The van der Waals surface area contributed by atoms with Crippen LogP contribution in [-0.2, 0) is 0 Å². The lowest BCUT2D eigenvalue weighted by molar-refractivity contribution is 0.867. The molecule has 0 aliphatic rings. The predicted octanol–water partition coefficient (Wildman–Crippen LogP) is 7.07. The maximum atomic E-state index is 3.51. The molecule has 0 saturated carbocycles. The summed E-state index contributed by atoms with van der Waals surface area (Å²) in [4.78, 5) is 0. The average Bonchev–Trinajstić information content (AvgIpc) is 2.61. The van der Waals surface area contributed by atoms with Crippen molar-refractivity contribution in [3.8, 4) is 22.3 Å². The molecule has 0 heterocycles. The Kier molecular flexibility index (Phi) is 4.85. The first-order chi connectivity index (χ1) is 11.6. The van der Waals surface area contributed by atoms with Gasteiger partial charge in [-0.1, -0.05) is 94.4 Å². The molecule has 0 fully saturated rings. The molecule has 0 saturated heterocycles. The Labute approximate surface area is 146 Å². The quantitative estimate of drug-likeness (QED) is 0.483. The molecule has 0 nitrogen and oxygen atoms in total. The highest BCUT2D eigenvalue weighted by Gasteiger charge is 2.15. The van der Waals surface area contributed by atoms with Gasteiger partial charge in [-0.2, -0.15) is 0 Å². The van der Waals surface area contributed by atoms with Gasteiger partial charge in [0.25, 0.3) is 0 Å². The van der Waals surface area contributed by atoms with Crippen molar-refractivity contribution in [1.29, 1.82) is 0 Å². The lowest BCUT2D eigenvalue weighted by Crippen LogP contribution is -1.96. The highest BCUT2D eigenvalue weighted by atomic mass is 14.2. The maximum Gasteiger partial charge on any atom is -0.00236 e. The van der Waals surface area contributed by atoms with Crippen LogP contribution in [0.5, 0.6) is 0 Å². The predicted molar refractivity (Wildman–Crippen MR) is 104 cm³/mol.